The van der Waals surface area contributed by atoms with Crippen molar-refractivity contribution >= 4 is 28.6 Å². The second kappa shape index (κ2) is 7.41. The Balaban J connectivity index is 1.92. The fourth-order valence-corrected chi connectivity index (χ4v) is 3.24. The first kappa shape index (κ1) is 16.4. The van der Waals surface area contributed by atoms with Crippen LogP contribution in [0.1, 0.15) is 23.5 Å². The van der Waals surface area contributed by atoms with Crippen LogP contribution in [-0.4, -0.2) is 24.7 Å². The van der Waals surface area contributed by atoms with Crippen LogP contribution in [0, 0.1) is 0 Å². The third-order valence-corrected chi connectivity index (χ3v) is 4.42. The predicted molar refractivity (Wildman–Crippen MR) is 96.6 cm³/mol. The number of benzene rings is 2. The number of aromatic nitrogens is 1. The Labute approximate surface area is 145 Å². The van der Waals surface area contributed by atoms with Crippen LogP contribution in [-0.2, 0) is 4.74 Å². The molecule has 3 aromatic rings. The van der Waals surface area contributed by atoms with Gasteiger partial charge in [0.1, 0.15) is 0 Å². The first-order valence-corrected chi connectivity index (χ1v) is 8.20. The van der Waals surface area contributed by atoms with E-state index in [0.29, 0.717) is 11.6 Å². The van der Waals surface area contributed by atoms with E-state index < -0.39 is 6.09 Å². The molecule has 0 saturated heterocycles. The summed E-state index contributed by atoms with van der Waals surface area (Å²) in [6, 6.07) is 16.4. The van der Waals surface area contributed by atoms with Crippen molar-refractivity contribution < 1.29 is 9.53 Å². The van der Waals surface area contributed by atoms with Crippen LogP contribution in [0.15, 0.2) is 54.7 Å². The number of rotatable bonds is 5. The van der Waals surface area contributed by atoms with Crippen LogP contribution in [0.25, 0.3) is 10.9 Å². The lowest BCUT2D eigenvalue weighted by molar-refractivity contribution is 0.171. The van der Waals surface area contributed by atoms with Gasteiger partial charge in [-0.05, 0) is 35.7 Å². The maximum absolute atomic E-state index is 11.3. The number of hydrogen-bond donors (Lipinski definition) is 2. The van der Waals surface area contributed by atoms with Gasteiger partial charge in [0, 0.05) is 24.0 Å². The number of nitrogens with one attached hydrogen (secondary N) is 2. The van der Waals surface area contributed by atoms with Gasteiger partial charge in [-0.1, -0.05) is 41.9 Å². The van der Waals surface area contributed by atoms with Crippen LogP contribution < -0.4 is 5.32 Å². The highest BCUT2D eigenvalue weighted by atomic mass is 35.5. The molecule has 3 rings (SSSR count). The fourth-order valence-electron chi connectivity index (χ4n) is 2.95. The Morgan fingerprint density at radius 2 is 2.00 bits per heavy atom. The summed E-state index contributed by atoms with van der Waals surface area (Å²) < 4.78 is 4.63. The molecule has 2 aromatic carbocycles. The van der Waals surface area contributed by atoms with E-state index in [1.807, 2.05) is 36.5 Å². The lowest BCUT2D eigenvalue weighted by atomic mass is 9.88. The van der Waals surface area contributed by atoms with Crippen molar-refractivity contribution in [2.24, 2.45) is 0 Å². The SMILES string of the molecule is COC(=O)NCCC(c1ccccc1)c1cc(Cl)c2[nH]ccc2c1. The Kier molecular flexibility index (Phi) is 5.06. The Bertz CT molecular complexity index is 830. The number of alkyl carbamates (subject to hydrolysis) is 1. The number of ether oxygens (including phenoxy) is 1. The molecule has 1 heterocycles. The number of hydrogen-bond acceptors (Lipinski definition) is 2. The zero-order valence-corrected chi connectivity index (χ0v) is 14.1. The topological polar surface area (TPSA) is 54.1 Å². The number of H-pyrrole nitrogens is 1. The first-order valence-electron chi connectivity index (χ1n) is 7.82. The second-order valence-corrected chi connectivity index (χ2v) is 6.02. The molecular formula is C19H19ClN2O2. The van der Waals surface area contributed by atoms with Crippen molar-refractivity contribution in [3.63, 3.8) is 0 Å². The molecule has 1 atom stereocenters. The molecule has 0 spiro atoms. The summed E-state index contributed by atoms with van der Waals surface area (Å²) in [4.78, 5) is 14.5. The van der Waals surface area contributed by atoms with Crippen LogP contribution in [0.4, 0.5) is 4.79 Å². The van der Waals surface area contributed by atoms with Crippen LogP contribution in [0.2, 0.25) is 5.02 Å². The van der Waals surface area contributed by atoms with Gasteiger partial charge in [-0.25, -0.2) is 4.79 Å². The van der Waals surface area contributed by atoms with Gasteiger partial charge >= 0.3 is 6.09 Å². The minimum Gasteiger partial charge on any atom is -0.453 e. The van der Waals surface area contributed by atoms with E-state index in [4.69, 9.17) is 11.6 Å². The summed E-state index contributed by atoms with van der Waals surface area (Å²) in [5, 5.41) is 4.53. The largest absolute Gasteiger partial charge is 0.453 e. The predicted octanol–water partition coefficient (Wildman–Crippen LogP) is 4.70. The molecule has 1 amide bonds. The summed E-state index contributed by atoms with van der Waals surface area (Å²) in [6.07, 6.45) is 2.23. The molecule has 0 fully saturated rings. The molecule has 1 unspecified atom stereocenters. The molecule has 0 aliphatic heterocycles. The van der Waals surface area contributed by atoms with E-state index in [1.54, 1.807) is 0 Å². The lowest BCUT2D eigenvalue weighted by Gasteiger charge is -2.19. The van der Waals surface area contributed by atoms with Crippen molar-refractivity contribution in [3.05, 3.63) is 70.9 Å². The van der Waals surface area contributed by atoms with Gasteiger partial charge in [0.05, 0.1) is 17.6 Å². The van der Waals surface area contributed by atoms with Gasteiger partial charge in [0.2, 0.25) is 0 Å². The van der Waals surface area contributed by atoms with Crippen molar-refractivity contribution in [1.29, 1.82) is 0 Å². The van der Waals surface area contributed by atoms with E-state index in [1.165, 1.54) is 12.7 Å². The number of methoxy groups -OCH3 is 1. The first-order chi connectivity index (χ1) is 11.7. The number of halogens is 1. The highest BCUT2D eigenvalue weighted by molar-refractivity contribution is 6.35. The monoisotopic (exact) mass is 342 g/mol. The van der Waals surface area contributed by atoms with Crippen LogP contribution >= 0.6 is 11.6 Å². The zero-order chi connectivity index (χ0) is 16.9. The van der Waals surface area contributed by atoms with E-state index in [2.05, 4.69) is 33.2 Å². The minimum absolute atomic E-state index is 0.139. The third kappa shape index (κ3) is 3.54. The molecule has 0 bridgehead atoms. The van der Waals surface area contributed by atoms with E-state index in [0.717, 1.165) is 22.9 Å². The Morgan fingerprint density at radius 3 is 2.75 bits per heavy atom. The molecule has 2 N–H and O–H groups in total. The summed E-state index contributed by atoms with van der Waals surface area (Å²) in [7, 11) is 1.36. The van der Waals surface area contributed by atoms with Gasteiger partial charge < -0.3 is 15.0 Å². The van der Waals surface area contributed by atoms with Crippen molar-refractivity contribution in [2.75, 3.05) is 13.7 Å². The summed E-state index contributed by atoms with van der Waals surface area (Å²) in [5.74, 6) is 0.139. The highest BCUT2D eigenvalue weighted by Gasteiger charge is 2.16. The molecule has 0 radical (unpaired) electrons. The van der Waals surface area contributed by atoms with Crippen LogP contribution in [0.5, 0.6) is 0 Å². The fraction of sp³-hybridized carbons (Fsp3) is 0.211. The molecule has 24 heavy (non-hydrogen) atoms. The standard InChI is InChI=1S/C19H19ClN2O2/c1-24-19(23)22-10-8-16(13-5-3-2-4-6-13)15-11-14-7-9-21-18(14)17(20)12-15/h2-7,9,11-12,16,21H,8,10H2,1H3,(H,22,23). The average Bonchev–Trinajstić information content (AvgIpc) is 3.08. The lowest BCUT2D eigenvalue weighted by Crippen LogP contribution is -2.25. The summed E-state index contributed by atoms with van der Waals surface area (Å²) >= 11 is 6.42. The normalized spacial score (nSPS) is 12.1. The van der Waals surface area contributed by atoms with Crippen LogP contribution in [0.3, 0.4) is 0 Å². The second-order valence-electron chi connectivity index (χ2n) is 5.61. The average molecular weight is 343 g/mol. The molecule has 124 valence electrons. The van der Waals surface area contributed by atoms with Gasteiger partial charge in [-0.15, -0.1) is 0 Å². The molecule has 1 aromatic heterocycles. The number of amides is 1. The maximum atomic E-state index is 11.3. The number of carbonyl (C=O) groups excluding carboxylic acids is 1. The van der Waals surface area contributed by atoms with Crippen molar-refractivity contribution in [2.45, 2.75) is 12.3 Å². The zero-order valence-electron chi connectivity index (χ0n) is 13.4. The number of aromatic amines is 1. The van der Waals surface area contributed by atoms with E-state index >= 15 is 0 Å². The summed E-state index contributed by atoms with van der Waals surface area (Å²) in [5.41, 5.74) is 3.26. The van der Waals surface area contributed by atoms with E-state index in [9.17, 15) is 4.79 Å². The summed E-state index contributed by atoms with van der Waals surface area (Å²) in [6.45, 7) is 0.523. The van der Waals surface area contributed by atoms with E-state index in [-0.39, 0.29) is 5.92 Å². The van der Waals surface area contributed by atoms with Gasteiger partial charge in [0.15, 0.2) is 0 Å². The van der Waals surface area contributed by atoms with Gasteiger partial charge in [-0.3, -0.25) is 0 Å². The molecule has 0 saturated carbocycles. The van der Waals surface area contributed by atoms with Gasteiger partial charge in [-0.2, -0.15) is 0 Å². The third-order valence-electron chi connectivity index (χ3n) is 4.13. The molecular weight excluding hydrogens is 324 g/mol. The number of fused-ring (bicyclic) bond motifs is 1. The molecule has 0 aliphatic rings. The quantitative estimate of drug-likeness (QED) is 0.706. The Hall–Kier alpha value is -2.46. The smallest absolute Gasteiger partial charge is 0.406 e. The number of carbonyl (C=O) groups is 1. The van der Waals surface area contributed by atoms with Gasteiger partial charge in [0.25, 0.3) is 0 Å². The molecule has 5 heteroatoms. The Morgan fingerprint density at radius 1 is 1.21 bits per heavy atom. The molecule has 0 aliphatic carbocycles. The van der Waals surface area contributed by atoms with Crippen molar-refractivity contribution in [3.8, 4) is 0 Å². The minimum atomic E-state index is -0.416. The molecule has 4 nitrogen and oxygen atoms in total. The highest BCUT2D eigenvalue weighted by Crippen LogP contribution is 2.33. The van der Waals surface area contributed by atoms with Crippen molar-refractivity contribution in [1.82, 2.24) is 10.3 Å². The maximum Gasteiger partial charge on any atom is 0.406 e.